The van der Waals surface area contributed by atoms with Gasteiger partial charge in [-0.05, 0) is 12.1 Å². The molecule has 0 saturated carbocycles. The molecular formula is C14H20N4O3S. The zero-order valence-electron chi connectivity index (χ0n) is 12.8. The molecule has 0 aromatic carbocycles. The molecule has 0 spiro atoms. The molecule has 0 aliphatic rings. The third-order valence-electron chi connectivity index (χ3n) is 3.09. The number of pyridine rings is 1. The van der Waals surface area contributed by atoms with Gasteiger partial charge in [-0.1, -0.05) is 17.8 Å². The second-order valence-corrected chi connectivity index (χ2v) is 5.51. The van der Waals surface area contributed by atoms with Crippen molar-refractivity contribution in [2.45, 2.75) is 5.16 Å². The molecule has 8 heteroatoms. The first-order valence-corrected chi connectivity index (χ1v) is 7.93. The number of nitrogens with zero attached hydrogens (tertiary/aromatic N) is 4. The zero-order valence-corrected chi connectivity index (χ0v) is 13.6. The number of hydrogen-bond donors (Lipinski definition) is 0. The van der Waals surface area contributed by atoms with E-state index in [2.05, 4.69) is 10.2 Å². The summed E-state index contributed by atoms with van der Waals surface area (Å²) in [4.78, 5) is 14.1. The van der Waals surface area contributed by atoms with Crippen LogP contribution >= 0.6 is 11.8 Å². The van der Waals surface area contributed by atoms with E-state index in [-0.39, 0.29) is 5.91 Å². The van der Waals surface area contributed by atoms with E-state index >= 15 is 0 Å². The number of thioether (sulfide) groups is 1. The Bertz CT molecular complexity index is 597. The number of fused-ring (bicyclic) bond motifs is 1. The van der Waals surface area contributed by atoms with Crippen molar-refractivity contribution in [1.82, 2.24) is 19.5 Å². The molecule has 0 fully saturated rings. The summed E-state index contributed by atoms with van der Waals surface area (Å²) in [7, 11) is 3.24. The highest BCUT2D eigenvalue weighted by atomic mass is 32.2. The predicted octanol–water partition coefficient (Wildman–Crippen LogP) is 0.943. The van der Waals surface area contributed by atoms with Gasteiger partial charge in [0.25, 0.3) is 0 Å². The molecule has 0 aliphatic carbocycles. The van der Waals surface area contributed by atoms with Crippen molar-refractivity contribution in [3.63, 3.8) is 0 Å². The van der Waals surface area contributed by atoms with Gasteiger partial charge in [-0.3, -0.25) is 9.20 Å². The Morgan fingerprint density at radius 1 is 1.23 bits per heavy atom. The van der Waals surface area contributed by atoms with Gasteiger partial charge >= 0.3 is 0 Å². The van der Waals surface area contributed by atoms with Crippen LogP contribution in [0.2, 0.25) is 0 Å². The van der Waals surface area contributed by atoms with Gasteiger partial charge in [0.15, 0.2) is 10.8 Å². The Morgan fingerprint density at radius 2 is 1.95 bits per heavy atom. The average Bonchev–Trinajstić information content (AvgIpc) is 2.96. The molecule has 0 unspecified atom stereocenters. The van der Waals surface area contributed by atoms with Gasteiger partial charge in [-0.2, -0.15) is 0 Å². The molecule has 2 heterocycles. The molecule has 0 N–H and O–H groups in total. The van der Waals surface area contributed by atoms with Crippen LogP contribution in [0.25, 0.3) is 5.65 Å². The quantitative estimate of drug-likeness (QED) is 0.640. The molecule has 0 radical (unpaired) electrons. The van der Waals surface area contributed by atoms with E-state index in [0.29, 0.717) is 37.2 Å². The summed E-state index contributed by atoms with van der Waals surface area (Å²) in [5.74, 6) is 0.343. The van der Waals surface area contributed by atoms with Gasteiger partial charge < -0.3 is 14.4 Å². The molecule has 7 nitrogen and oxygen atoms in total. The predicted molar refractivity (Wildman–Crippen MR) is 84.0 cm³/mol. The second-order valence-electron chi connectivity index (χ2n) is 4.57. The van der Waals surface area contributed by atoms with E-state index in [9.17, 15) is 4.79 Å². The van der Waals surface area contributed by atoms with Crippen LogP contribution < -0.4 is 0 Å². The third-order valence-corrected chi connectivity index (χ3v) is 4.02. The highest BCUT2D eigenvalue weighted by Gasteiger charge is 2.15. The summed E-state index contributed by atoms with van der Waals surface area (Å²) in [6.45, 7) is 2.13. The van der Waals surface area contributed by atoms with Crippen molar-refractivity contribution < 1.29 is 14.3 Å². The molecule has 120 valence electrons. The van der Waals surface area contributed by atoms with Crippen LogP contribution in [0.5, 0.6) is 0 Å². The van der Waals surface area contributed by atoms with Crippen molar-refractivity contribution in [3.8, 4) is 0 Å². The second kappa shape index (κ2) is 8.72. The Kier molecular flexibility index (Phi) is 6.63. The number of carbonyl (C=O) groups excluding carboxylic acids is 1. The monoisotopic (exact) mass is 324 g/mol. The summed E-state index contributed by atoms with van der Waals surface area (Å²) >= 11 is 1.38. The molecular weight excluding hydrogens is 304 g/mol. The number of methoxy groups -OCH3 is 2. The van der Waals surface area contributed by atoms with Crippen LogP contribution in [0, 0.1) is 0 Å². The van der Waals surface area contributed by atoms with E-state index in [1.54, 1.807) is 19.1 Å². The summed E-state index contributed by atoms with van der Waals surface area (Å²) in [6.07, 6.45) is 1.88. The van der Waals surface area contributed by atoms with Crippen LogP contribution in [-0.4, -0.2) is 71.7 Å². The Hall–Kier alpha value is -1.64. The summed E-state index contributed by atoms with van der Waals surface area (Å²) in [5.41, 5.74) is 0.771. The van der Waals surface area contributed by atoms with E-state index in [1.807, 2.05) is 28.8 Å². The van der Waals surface area contributed by atoms with E-state index in [1.165, 1.54) is 11.8 Å². The maximum absolute atomic E-state index is 12.3. The molecule has 0 aliphatic heterocycles. The van der Waals surface area contributed by atoms with E-state index in [4.69, 9.17) is 9.47 Å². The summed E-state index contributed by atoms with van der Waals surface area (Å²) in [5, 5.41) is 8.89. The molecule has 2 rings (SSSR count). The maximum Gasteiger partial charge on any atom is 0.233 e. The van der Waals surface area contributed by atoms with Crippen molar-refractivity contribution in [2.24, 2.45) is 0 Å². The van der Waals surface area contributed by atoms with Gasteiger partial charge in [-0.25, -0.2) is 0 Å². The molecule has 0 atom stereocenters. The Balaban J connectivity index is 1.94. The smallest absolute Gasteiger partial charge is 0.233 e. The molecule has 0 saturated heterocycles. The fourth-order valence-electron chi connectivity index (χ4n) is 1.90. The van der Waals surface area contributed by atoms with Crippen LogP contribution in [0.4, 0.5) is 0 Å². The van der Waals surface area contributed by atoms with Crippen molar-refractivity contribution in [2.75, 3.05) is 46.3 Å². The molecule has 22 heavy (non-hydrogen) atoms. The number of amides is 1. The largest absolute Gasteiger partial charge is 0.383 e. The molecule has 0 bridgehead atoms. The lowest BCUT2D eigenvalue weighted by Crippen LogP contribution is -2.37. The fourth-order valence-corrected chi connectivity index (χ4v) is 2.73. The van der Waals surface area contributed by atoms with Gasteiger partial charge in [0, 0.05) is 33.5 Å². The normalized spacial score (nSPS) is 11.0. The lowest BCUT2D eigenvalue weighted by Gasteiger charge is -2.21. The Morgan fingerprint density at radius 3 is 2.64 bits per heavy atom. The number of rotatable bonds is 9. The van der Waals surface area contributed by atoms with Gasteiger partial charge in [0.2, 0.25) is 5.91 Å². The summed E-state index contributed by atoms with van der Waals surface area (Å²) in [6, 6.07) is 5.69. The van der Waals surface area contributed by atoms with Crippen molar-refractivity contribution in [3.05, 3.63) is 24.4 Å². The molecule has 2 aromatic heterocycles. The standard InChI is InChI=1S/C14H20N4O3S/c1-20-9-7-17(8-10-21-2)13(19)11-22-14-16-15-12-5-3-4-6-18(12)14/h3-6H,7-11H2,1-2H3. The number of carbonyl (C=O) groups is 1. The number of ether oxygens (including phenoxy) is 2. The fraction of sp³-hybridized carbons (Fsp3) is 0.500. The van der Waals surface area contributed by atoms with E-state index < -0.39 is 0 Å². The SMILES string of the molecule is COCCN(CCOC)C(=O)CSc1nnc2ccccn12. The highest BCUT2D eigenvalue weighted by Crippen LogP contribution is 2.17. The first-order valence-electron chi connectivity index (χ1n) is 6.94. The minimum absolute atomic E-state index is 0.0341. The van der Waals surface area contributed by atoms with Crippen molar-refractivity contribution >= 4 is 23.3 Å². The minimum Gasteiger partial charge on any atom is -0.383 e. The molecule has 1 amide bonds. The highest BCUT2D eigenvalue weighted by molar-refractivity contribution is 7.99. The maximum atomic E-state index is 12.3. The van der Waals surface area contributed by atoms with Gasteiger partial charge in [0.1, 0.15) is 0 Å². The lowest BCUT2D eigenvalue weighted by molar-refractivity contribution is -0.129. The first-order chi connectivity index (χ1) is 10.8. The first kappa shape index (κ1) is 16.7. The topological polar surface area (TPSA) is 69.0 Å². The number of hydrogen-bond acceptors (Lipinski definition) is 6. The number of aromatic nitrogens is 3. The van der Waals surface area contributed by atoms with Crippen LogP contribution in [0.15, 0.2) is 29.6 Å². The van der Waals surface area contributed by atoms with Gasteiger partial charge in [-0.15, -0.1) is 10.2 Å². The molecule has 2 aromatic rings. The van der Waals surface area contributed by atoms with Crippen molar-refractivity contribution in [1.29, 1.82) is 0 Å². The van der Waals surface area contributed by atoms with Crippen LogP contribution in [0.3, 0.4) is 0 Å². The zero-order chi connectivity index (χ0) is 15.8. The van der Waals surface area contributed by atoms with Gasteiger partial charge in [0.05, 0.1) is 19.0 Å². The average molecular weight is 324 g/mol. The Labute approximate surface area is 133 Å². The minimum atomic E-state index is 0.0341. The van der Waals surface area contributed by atoms with Crippen LogP contribution in [-0.2, 0) is 14.3 Å². The third kappa shape index (κ3) is 4.43. The lowest BCUT2D eigenvalue weighted by atomic mass is 10.4. The summed E-state index contributed by atoms with van der Waals surface area (Å²) < 4.78 is 12.0. The van der Waals surface area contributed by atoms with Crippen LogP contribution in [0.1, 0.15) is 0 Å². The van der Waals surface area contributed by atoms with E-state index in [0.717, 1.165) is 5.65 Å².